The summed E-state index contributed by atoms with van der Waals surface area (Å²) in [6.07, 6.45) is 1.56. The Bertz CT molecular complexity index is 717. The molecule has 1 aromatic heterocycles. The van der Waals surface area contributed by atoms with Crippen LogP contribution < -0.4 is 0 Å². The highest BCUT2D eigenvalue weighted by Crippen LogP contribution is 2.41. The Balaban J connectivity index is 1.67. The maximum atomic E-state index is 12.4. The molecule has 0 radical (unpaired) electrons. The van der Waals surface area contributed by atoms with E-state index in [9.17, 15) is 9.59 Å². The molecule has 0 spiro atoms. The predicted octanol–water partition coefficient (Wildman–Crippen LogP) is 3.75. The molecule has 2 atom stereocenters. The van der Waals surface area contributed by atoms with Crippen molar-refractivity contribution in [3.05, 3.63) is 58.5 Å². The molecule has 0 aliphatic carbocycles. The van der Waals surface area contributed by atoms with Gasteiger partial charge in [-0.3, -0.25) is 4.79 Å². The second-order valence-corrected chi connectivity index (χ2v) is 7.41. The minimum absolute atomic E-state index is 0.174. The summed E-state index contributed by atoms with van der Waals surface area (Å²) in [6, 6.07) is 10.5. The number of thioether (sulfide) groups is 1. The molecule has 0 unspecified atom stereocenters. The second-order valence-electron chi connectivity index (χ2n) is 5.38. The minimum Gasteiger partial charge on any atom is -0.466 e. The normalized spacial score (nSPS) is 20.2. The van der Waals surface area contributed by atoms with E-state index in [0.717, 1.165) is 10.0 Å². The number of amides is 1. The SMILES string of the molecule is CC(=O)N1[C@@H](c2ccco2)SC[C@H]1C(=O)OCc1ccc(Br)cc1. The second kappa shape index (κ2) is 7.44. The Morgan fingerprint density at radius 2 is 2.08 bits per heavy atom. The van der Waals surface area contributed by atoms with Gasteiger partial charge >= 0.3 is 5.97 Å². The first-order valence-corrected chi connectivity index (χ1v) is 9.25. The van der Waals surface area contributed by atoms with Crippen LogP contribution in [-0.2, 0) is 20.9 Å². The number of carbonyl (C=O) groups is 2. The zero-order valence-electron chi connectivity index (χ0n) is 13.0. The molecule has 0 N–H and O–H groups in total. The molecule has 0 bridgehead atoms. The summed E-state index contributed by atoms with van der Waals surface area (Å²) in [5.74, 6) is 0.587. The Labute approximate surface area is 152 Å². The van der Waals surface area contributed by atoms with Crippen LogP contribution in [0.4, 0.5) is 0 Å². The number of rotatable bonds is 4. The van der Waals surface area contributed by atoms with Crippen LogP contribution in [0.2, 0.25) is 0 Å². The number of esters is 1. The van der Waals surface area contributed by atoms with Gasteiger partial charge in [-0.25, -0.2) is 4.79 Å². The van der Waals surface area contributed by atoms with Crippen LogP contribution in [0.3, 0.4) is 0 Å². The molecule has 24 heavy (non-hydrogen) atoms. The summed E-state index contributed by atoms with van der Waals surface area (Å²) in [4.78, 5) is 26.0. The lowest BCUT2D eigenvalue weighted by Crippen LogP contribution is -2.42. The van der Waals surface area contributed by atoms with Gasteiger partial charge in [0.05, 0.1) is 6.26 Å². The predicted molar refractivity (Wildman–Crippen MR) is 94.2 cm³/mol. The molecule has 5 nitrogen and oxygen atoms in total. The molecule has 3 rings (SSSR count). The molecule has 2 heterocycles. The third-order valence-corrected chi connectivity index (χ3v) is 5.53. The zero-order chi connectivity index (χ0) is 17.1. The van der Waals surface area contributed by atoms with Gasteiger partial charge in [0, 0.05) is 17.1 Å². The van der Waals surface area contributed by atoms with E-state index in [0.29, 0.717) is 11.5 Å². The molecule has 1 saturated heterocycles. The van der Waals surface area contributed by atoms with Crippen LogP contribution in [0.5, 0.6) is 0 Å². The summed E-state index contributed by atoms with van der Waals surface area (Å²) in [7, 11) is 0. The van der Waals surface area contributed by atoms with Crippen molar-refractivity contribution in [2.45, 2.75) is 24.9 Å². The quantitative estimate of drug-likeness (QED) is 0.719. The van der Waals surface area contributed by atoms with Gasteiger partial charge in [0.15, 0.2) is 0 Å². The first-order valence-electron chi connectivity index (χ1n) is 7.41. The number of benzene rings is 1. The van der Waals surface area contributed by atoms with E-state index < -0.39 is 12.0 Å². The van der Waals surface area contributed by atoms with Crippen molar-refractivity contribution in [3.63, 3.8) is 0 Å². The number of halogens is 1. The van der Waals surface area contributed by atoms with Crippen molar-refractivity contribution in [2.75, 3.05) is 5.75 Å². The summed E-state index contributed by atoms with van der Waals surface area (Å²) >= 11 is 4.87. The van der Waals surface area contributed by atoms with E-state index in [2.05, 4.69) is 15.9 Å². The number of hydrogen-bond donors (Lipinski definition) is 0. The van der Waals surface area contributed by atoms with Gasteiger partial charge in [-0.05, 0) is 29.8 Å². The molecule has 1 aliphatic rings. The molecule has 1 aromatic carbocycles. The van der Waals surface area contributed by atoms with E-state index in [-0.39, 0.29) is 17.9 Å². The number of ether oxygens (including phenoxy) is 1. The van der Waals surface area contributed by atoms with Crippen LogP contribution in [0.1, 0.15) is 23.6 Å². The van der Waals surface area contributed by atoms with Crippen molar-refractivity contribution < 1.29 is 18.7 Å². The highest BCUT2D eigenvalue weighted by molar-refractivity contribution is 9.10. The Hall–Kier alpha value is -1.73. The molecule has 7 heteroatoms. The molecule has 1 fully saturated rings. The highest BCUT2D eigenvalue weighted by atomic mass is 79.9. The van der Waals surface area contributed by atoms with Gasteiger partial charge < -0.3 is 14.1 Å². The van der Waals surface area contributed by atoms with Gasteiger partial charge in [-0.1, -0.05) is 28.1 Å². The number of furan rings is 1. The maximum Gasteiger partial charge on any atom is 0.330 e. The van der Waals surface area contributed by atoms with Crippen molar-refractivity contribution in [3.8, 4) is 0 Å². The van der Waals surface area contributed by atoms with Gasteiger partial charge in [0.2, 0.25) is 5.91 Å². The number of carbonyl (C=O) groups excluding carboxylic acids is 2. The monoisotopic (exact) mass is 409 g/mol. The summed E-state index contributed by atoms with van der Waals surface area (Å²) in [6.45, 7) is 1.64. The zero-order valence-corrected chi connectivity index (χ0v) is 15.4. The molecule has 1 aliphatic heterocycles. The molecular formula is C17H16BrNO4S. The van der Waals surface area contributed by atoms with Crippen LogP contribution >= 0.6 is 27.7 Å². The maximum absolute atomic E-state index is 12.4. The molecule has 126 valence electrons. The van der Waals surface area contributed by atoms with E-state index in [1.54, 1.807) is 12.3 Å². The topological polar surface area (TPSA) is 59.8 Å². The van der Waals surface area contributed by atoms with Crippen LogP contribution in [0.25, 0.3) is 0 Å². The van der Waals surface area contributed by atoms with Crippen LogP contribution in [0.15, 0.2) is 51.6 Å². The Morgan fingerprint density at radius 3 is 2.71 bits per heavy atom. The smallest absolute Gasteiger partial charge is 0.330 e. The fourth-order valence-corrected chi connectivity index (χ4v) is 4.23. The molecule has 0 saturated carbocycles. The van der Waals surface area contributed by atoms with E-state index in [1.807, 2.05) is 30.3 Å². The molecule has 1 amide bonds. The van der Waals surface area contributed by atoms with Crippen molar-refractivity contribution >= 4 is 39.6 Å². The minimum atomic E-state index is -0.599. The van der Waals surface area contributed by atoms with Gasteiger partial charge in [-0.15, -0.1) is 11.8 Å². The van der Waals surface area contributed by atoms with Crippen molar-refractivity contribution in [1.29, 1.82) is 0 Å². The number of hydrogen-bond acceptors (Lipinski definition) is 5. The van der Waals surface area contributed by atoms with E-state index in [4.69, 9.17) is 9.15 Å². The summed E-state index contributed by atoms with van der Waals surface area (Å²) in [5.41, 5.74) is 0.897. The average Bonchev–Trinajstić information content (AvgIpc) is 3.22. The van der Waals surface area contributed by atoms with Crippen LogP contribution in [-0.4, -0.2) is 28.6 Å². The van der Waals surface area contributed by atoms with E-state index in [1.165, 1.54) is 23.6 Å². The Morgan fingerprint density at radius 1 is 1.33 bits per heavy atom. The van der Waals surface area contributed by atoms with Crippen molar-refractivity contribution in [1.82, 2.24) is 4.90 Å². The lowest BCUT2D eigenvalue weighted by molar-refractivity contribution is -0.154. The lowest BCUT2D eigenvalue weighted by Gasteiger charge is -2.25. The molecular weight excluding hydrogens is 394 g/mol. The standard InChI is InChI=1S/C17H16BrNO4S/c1-11(20)19-14(10-24-16(19)15-3-2-8-22-15)17(21)23-9-12-4-6-13(18)7-5-12/h2-8,14,16H,9-10H2,1H3/t14-,16+/m0/s1. The first kappa shape index (κ1) is 17.1. The van der Waals surface area contributed by atoms with E-state index >= 15 is 0 Å². The number of nitrogens with zero attached hydrogens (tertiary/aromatic N) is 1. The first-order chi connectivity index (χ1) is 11.6. The highest BCUT2D eigenvalue weighted by Gasteiger charge is 2.43. The fraction of sp³-hybridized carbons (Fsp3) is 0.294. The van der Waals surface area contributed by atoms with Crippen molar-refractivity contribution in [2.24, 2.45) is 0 Å². The average molecular weight is 410 g/mol. The lowest BCUT2D eigenvalue weighted by atomic mass is 10.2. The van der Waals surface area contributed by atoms with Gasteiger partial charge in [-0.2, -0.15) is 0 Å². The largest absolute Gasteiger partial charge is 0.466 e. The third kappa shape index (κ3) is 3.67. The Kier molecular flexibility index (Phi) is 5.30. The van der Waals surface area contributed by atoms with Gasteiger partial charge in [0.1, 0.15) is 23.8 Å². The molecule has 2 aromatic rings. The van der Waals surface area contributed by atoms with Gasteiger partial charge in [0.25, 0.3) is 0 Å². The van der Waals surface area contributed by atoms with Crippen LogP contribution in [0, 0.1) is 0 Å². The summed E-state index contributed by atoms with van der Waals surface area (Å²) < 4.78 is 11.8. The summed E-state index contributed by atoms with van der Waals surface area (Å²) in [5, 5.41) is -0.289. The fourth-order valence-electron chi connectivity index (χ4n) is 2.55. The third-order valence-electron chi connectivity index (χ3n) is 3.72.